The number of halogens is 2. The first-order chi connectivity index (χ1) is 6.99. The molecule has 84 valence electrons. The maximum Gasteiger partial charge on any atom is 0.265 e. The molecule has 0 radical (unpaired) electrons. The minimum absolute atomic E-state index is 0.00921. The van der Waals surface area contributed by atoms with Crippen LogP contribution in [0, 0.1) is 6.92 Å². The molecule has 0 aliphatic carbocycles. The molecular weight excluding hydrogens is 298 g/mol. The Bertz CT molecular complexity index is 366. The number of thiophene rings is 1. The lowest BCUT2D eigenvalue weighted by atomic mass is 10.3. The molecule has 1 aromatic rings. The van der Waals surface area contributed by atoms with Gasteiger partial charge in [-0.2, -0.15) is 0 Å². The van der Waals surface area contributed by atoms with Gasteiger partial charge in [0.05, 0.1) is 5.02 Å². The lowest BCUT2D eigenvalue weighted by Crippen LogP contribution is -2.35. The SMILES string of the molecule is Cc1csc(C(=O)N(C)C(C)CBr)c1Cl. The Hall–Kier alpha value is -0.0600. The number of aryl methyl sites for hydroxylation is 1. The van der Waals surface area contributed by atoms with Gasteiger partial charge in [-0.15, -0.1) is 11.3 Å². The van der Waals surface area contributed by atoms with Gasteiger partial charge < -0.3 is 4.90 Å². The molecule has 1 heterocycles. The van der Waals surface area contributed by atoms with E-state index in [2.05, 4.69) is 15.9 Å². The van der Waals surface area contributed by atoms with E-state index >= 15 is 0 Å². The van der Waals surface area contributed by atoms with Crippen molar-refractivity contribution < 1.29 is 4.79 Å². The third kappa shape index (κ3) is 2.74. The van der Waals surface area contributed by atoms with Crippen LogP contribution in [0.4, 0.5) is 0 Å². The predicted molar refractivity (Wildman–Crippen MR) is 69.4 cm³/mol. The molecule has 1 rings (SSSR count). The van der Waals surface area contributed by atoms with Crippen molar-refractivity contribution in [2.45, 2.75) is 19.9 Å². The zero-order valence-corrected chi connectivity index (χ0v) is 12.0. The van der Waals surface area contributed by atoms with E-state index in [1.807, 2.05) is 19.2 Å². The summed E-state index contributed by atoms with van der Waals surface area (Å²) in [6.45, 7) is 3.89. The van der Waals surface area contributed by atoms with Crippen LogP contribution in [0.2, 0.25) is 5.02 Å². The van der Waals surface area contributed by atoms with Crippen LogP contribution >= 0.6 is 38.9 Å². The highest BCUT2D eigenvalue weighted by Gasteiger charge is 2.21. The molecule has 1 amide bonds. The van der Waals surface area contributed by atoms with Crippen LogP contribution in [0.25, 0.3) is 0 Å². The molecule has 0 spiro atoms. The second kappa shape index (κ2) is 5.32. The molecule has 0 saturated heterocycles. The Morgan fingerprint density at radius 1 is 1.73 bits per heavy atom. The fourth-order valence-electron chi connectivity index (χ4n) is 1.04. The van der Waals surface area contributed by atoms with Crippen molar-refractivity contribution in [1.29, 1.82) is 0 Å². The minimum atomic E-state index is -0.00921. The van der Waals surface area contributed by atoms with Gasteiger partial charge >= 0.3 is 0 Å². The van der Waals surface area contributed by atoms with Gasteiger partial charge in [-0.1, -0.05) is 27.5 Å². The molecule has 0 bridgehead atoms. The van der Waals surface area contributed by atoms with Crippen molar-refractivity contribution in [2.24, 2.45) is 0 Å². The standard InChI is InChI=1S/C10H13BrClNOS/c1-6-5-15-9(8(6)12)10(14)13(3)7(2)4-11/h5,7H,4H2,1-3H3. The highest BCUT2D eigenvalue weighted by atomic mass is 79.9. The van der Waals surface area contributed by atoms with Crippen molar-refractivity contribution in [3.8, 4) is 0 Å². The Morgan fingerprint density at radius 3 is 2.73 bits per heavy atom. The number of hydrogen-bond acceptors (Lipinski definition) is 2. The first-order valence-corrected chi connectivity index (χ1v) is 6.93. The number of carbonyl (C=O) groups excluding carboxylic acids is 1. The van der Waals surface area contributed by atoms with Crippen molar-refractivity contribution in [2.75, 3.05) is 12.4 Å². The summed E-state index contributed by atoms with van der Waals surface area (Å²) in [5.41, 5.74) is 0.963. The summed E-state index contributed by atoms with van der Waals surface area (Å²) in [5, 5.41) is 3.25. The predicted octanol–water partition coefficient (Wildman–Crippen LogP) is 3.57. The Labute approximate surface area is 107 Å². The molecule has 2 nitrogen and oxygen atoms in total. The molecule has 0 aliphatic heterocycles. The van der Waals surface area contributed by atoms with Crippen LogP contribution in [0.5, 0.6) is 0 Å². The van der Waals surface area contributed by atoms with E-state index in [1.165, 1.54) is 11.3 Å². The smallest absolute Gasteiger partial charge is 0.265 e. The highest BCUT2D eigenvalue weighted by Crippen LogP contribution is 2.28. The topological polar surface area (TPSA) is 20.3 Å². The molecule has 0 aromatic carbocycles. The molecule has 0 saturated carbocycles. The van der Waals surface area contributed by atoms with Crippen molar-refractivity contribution in [1.82, 2.24) is 4.90 Å². The molecule has 5 heteroatoms. The molecular formula is C10H13BrClNOS. The Morgan fingerprint density at radius 2 is 2.33 bits per heavy atom. The van der Waals surface area contributed by atoms with E-state index in [-0.39, 0.29) is 11.9 Å². The number of hydrogen-bond donors (Lipinski definition) is 0. The number of carbonyl (C=O) groups is 1. The minimum Gasteiger partial charge on any atom is -0.337 e. The van der Waals surface area contributed by atoms with Crippen molar-refractivity contribution in [3.05, 3.63) is 20.8 Å². The van der Waals surface area contributed by atoms with Gasteiger partial charge in [0.15, 0.2) is 0 Å². The summed E-state index contributed by atoms with van der Waals surface area (Å²) >= 11 is 10.8. The monoisotopic (exact) mass is 309 g/mol. The van der Waals surface area contributed by atoms with Gasteiger partial charge in [0.25, 0.3) is 5.91 Å². The highest BCUT2D eigenvalue weighted by molar-refractivity contribution is 9.09. The van der Waals surface area contributed by atoms with Crippen LogP contribution in [0.1, 0.15) is 22.2 Å². The fourth-order valence-corrected chi connectivity index (χ4v) is 2.73. The zero-order chi connectivity index (χ0) is 11.6. The fraction of sp³-hybridized carbons (Fsp3) is 0.500. The summed E-state index contributed by atoms with van der Waals surface area (Å²) in [6.07, 6.45) is 0. The zero-order valence-electron chi connectivity index (χ0n) is 8.88. The molecule has 15 heavy (non-hydrogen) atoms. The van der Waals surface area contributed by atoms with E-state index in [1.54, 1.807) is 11.9 Å². The van der Waals surface area contributed by atoms with Gasteiger partial charge in [-0.25, -0.2) is 0 Å². The van der Waals surface area contributed by atoms with Crippen molar-refractivity contribution in [3.63, 3.8) is 0 Å². The van der Waals surface area contributed by atoms with E-state index in [9.17, 15) is 4.79 Å². The quantitative estimate of drug-likeness (QED) is 0.782. The van der Waals surface area contributed by atoms with E-state index in [4.69, 9.17) is 11.6 Å². The third-order valence-electron chi connectivity index (χ3n) is 2.30. The molecule has 0 N–H and O–H groups in total. The molecule has 1 aromatic heterocycles. The van der Waals surface area contributed by atoms with Gasteiger partial charge in [0.1, 0.15) is 4.88 Å². The van der Waals surface area contributed by atoms with Crippen LogP contribution in [-0.2, 0) is 0 Å². The van der Waals surface area contributed by atoms with Gasteiger partial charge in [0, 0.05) is 18.4 Å². The maximum absolute atomic E-state index is 12.0. The summed E-state index contributed by atoms with van der Waals surface area (Å²) < 4.78 is 0. The van der Waals surface area contributed by atoms with Crippen LogP contribution < -0.4 is 0 Å². The molecule has 1 atom stereocenters. The summed E-state index contributed by atoms with van der Waals surface area (Å²) in [4.78, 5) is 14.3. The van der Waals surface area contributed by atoms with Crippen LogP contribution in [0.15, 0.2) is 5.38 Å². The average Bonchev–Trinajstić information content (AvgIpc) is 2.56. The number of rotatable bonds is 3. The lowest BCUT2D eigenvalue weighted by molar-refractivity contribution is 0.0763. The first-order valence-electron chi connectivity index (χ1n) is 4.55. The average molecular weight is 311 g/mol. The lowest BCUT2D eigenvalue weighted by Gasteiger charge is -2.22. The van der Waals surface area contributed by atoms with E-state index < -0.39 is 0 Å². The molecule has 0 aliphatic rings. The molecule has 1 unspecified atom stereocenters. The summed E-state index contributed by atoms with van der Waals surface area (Å²) in [6, 6.07) is 0.163. The summed E-state index contributed by atoms with van der Waals surface area (Å²) in [7, 11) is 1.79. The van der Waals surface area contributed by atoms with E-state index in [0.717, 1.165) is 10.9 Å². The Balaban J connectivity index is 2.90. The van der Waals surface area contributed by atoms with Crippen LogP contribution in [-0.4, -0.2) is 29.2 Å². The number of amides is 1. The van der Waals surface area contributed by atoms with Gasteiger partial charge in [-0.05, 0) is 24.8 Å². The number of alkyl halides is 1. The molecule has 0 fully saturated rings. The van der Waals surface area contributed by atoms with Gasteiger partial charge in [0.2, 0.25) is 0 Å². The van der Waals surface area contributed by atoms with Crippen LogP contribution in [0.3, 0.4) is 0 Å². The summed E-state index contributed by atoms with van der Waals surface area (Å²) in [5.74, 6) is -0.00921. The van der Waals surface area contributed by atoms with Gasteiger partial charge in [-0.3, -0.25) is 4.79 Å². The first kappa shape index (κ1) is 13.0. The largest absolute Gasteiger partial charge is 0.337 e. The Kier molecular flexibility index (Phi) is 4.62. The number of nitrogens with zero attached hydrogens (tertiary/aromatic N) is 1. The second-order valence-electron chi connectivity index (χ2n) is 3.48. The normalized spacial score (nSPS) is 12.6. The maximum atomic E-state index is 12.0. The third-order valence-corrected chi connectivity index (χ3v) is 4.92. The second-order valence-corrected chi connectivity index (χ2v) is 5.39. The van der Waals surface area contributed by atoms with E-state index in [0.29, 0.717) is 9.90 Å². The van der Waals surface area contributed by atoms with Crippen molar-refractivity contribution >= 4 is 44.8 Å².